The van der Waals surface area contributed by atoms with Gasteiger partial charge in [0, 0.05) is 25.7 Å². The Bertz CT molecular complexity index is 263. The SMILES string of the molecule is CCOCCOC(C)C(=O)N1CCC(C(C)N)CC1. The predicted octanol–water partition coefficient (Wildman–Crippen LogP) is 1.01. The predicted molar refractivity (Wildman–Crippen MR) is 74.9 cm³/mol. The van der Waals surface area contributed by atoms with E-state index in [9.17, 15) is 4.79 Å². The molecule has 112 valence electrons. The molecule has 1 aliphatic heterocycles. The lowest BCUT2D eigenvalue weighted by atomic mass is 9.91. The topological polar surface area (TPSA) is 64.8 Å². The molecule has 2 N–H and O–H groups in total. The van der Waals surface area contributed by atoms with Crippen LogP contribution < -0.4 is 5.73 Å². The lowest BCUT2D eigenvalue weighted by Crippen LogP contribution is -2.46. The molecular weight excluding hydrogens is 244 g/mol. The zero-order valence-corrected chi connectivity index (χ0v) is 12.4. The lowest BCUT2D eigenvalue weighted by molar-refractivity contribution is -0.145. The van der Waals surface area contributed by atoms with Gasteiger partial charge in [-0.15, -0.1) is 0 Å². The van der Waals surface area contributed by atoms with E-state index >= 15 is 0 Å². The quantitative estimate of drug-likeness (QED) is 0.703. The van der Waals surface area contributed by atoms with Gasteiger partial charge >= 0.3 is 0 Å². The molecule has 1 fully saturated rings. The molecule has 0 spiro atoms. The summed E-state index contributed by atoms with van der Waals surface area (Å²) in [5.74, 6) is 0.623. The third kappa shape index (κ3) is 5.47. The number of likely N-dealkylation sites (tertiary alicyclic amines) is 1. The highest BCUT2D eigenvalue weighted by molar-refractivity contribution is 5.80. The minimum atomic E-state index is -0.382. The van der Waals surface area contributed by atoms with E-state index in [0.29, 0.717) is 25.7 Å². The molecule has 0 saturated carbocycles. The molecule has 0 radical (unpaired) electrons. The first-order chi connectivity index (χ1) is 9.06. The summed E-state index contributed by atoms with van der Waals surface area (Å²) >= 11 is 0. The summed E-state index contributed by atoms with van der Waals surface area (Å²) in [6.45, 7) is 9.08. The first-order valence-electron chi connectivity index (χ1n) is 7.30. The molecule has 0 aromatic heterocycles. The number of nitrogens with two attached hydrogens (primary N) is 1. The van der Waals surface area contributed by atoms with Crippen molar-refractivity contribution in [1.29, 1.82) is 0 Å². The Morgan fingerprint density at radius 2 is 1.95 bits per heavy atom. The fourth-order valence-electron chi connectivity index (χ4n) is 2.40. The second-order valence-corrected chi connectivity index (χ2v) is 5.23. The van der Waals surface area contributed by atoms with E-state index in [1.165, 1.54) is 0 Å². The van der Waals surface area contributed by atoms with Crippen molar-refractivity contribution in [3.63, 3.8) is 0 Å². The average Bonchev–Trinajstić information content (AvgIpc) is 2.42. The summed E-state index contributed by atoms with van der Waals surface area (Å²) in [5.41, 5.74) is 5.90. The molecule has 19 heavy (non-hydrogen) atoms. The van der Waals surface area contributed by atoms with E-state index in [0.717, 1.165) is 25.9 Å². The van der Waals surface area contributed by atoms with Gasteiger partial charge in [-0.05, 0) is 39.5 Å². The summed E-state index contributed by atoms with van der Waals surface area (Å²) in [6, 6.07) is 0.220. The first kappa shape index (κ1) is 16.4. The van der Waals surface area contributed by atoms with Crippen LogP contribution in [0, 0.1) is 5.92 Å². The van der Waals surface area contributed by atoms with Crippen molar-refractivity contribution in [1.82, 2.24) is 4.90 Å². The molecule has 2 atom stereocenters. The van der Waals surface area contributed by atoms with E-state index < -0.39 is 0 Å². The fraction of sp³-hybridized carbons (Fsp3) is 0.929. The Morgan fingerprint density at radius 3 is 2.47 bits per heavy atom. The van der Waals surface area contributed by atoms with E-state index in [4.69, 9.17) is 15.2 Å². The molecule has 1 heterocycles. The average molecular weight is 272 g/mol. The van der Waals surface area contributed by atoms with Crippen LogP contribution in [0.15, 0.2) is 0 Å². The summed E-state index contributed by atoms with van der Waals surface area (Å²) in [6.07, 6.45) is 1.61. The molecule has 0 aromatic carbocycles. The van der Waals surface area contributed by atoms with E-state index in [-0.39, 0.29) is 18.1 Å². The van der Waals surface area contributed by atoms with Crippen molar-refractivity contribution in [3.8, 4) is 0 Å². The third-order valence-electron chi connectivity index (χ3n) is 3.74. The number of amides is 1. The maximum Gasteiger partial charge on any atom is 0.251 e. The molecule has 1 aliphatic rings. The van der Waals surface area contributed by atoms with Gasteiger partial charge in [0.2, 0.25) is 0 Å². The van der Waals surface area contributed by atoms with Crippen LogP contribution in [0.25, 0.3) is 0 Å². The number of piperidine rings is 1. The van der Waals surface area contributed by atoms with Crippen LogP contribution in [0.3, 0.4) is 0 Å². The smallest absolute Gasteiger partial charge is 0.251 e. The molecule has 0 aromatic rings. The highest BCUT2D eigenvalue weighted by Gasteiger charge is 2.27. The van der Waals surface area contributed by atoms with E-state index in [2.05, 4.69) is 0 Å². The minimum Gasteiger partial charge on any atom is -0.379 e. The van der Waals surface area contributed by atoms with Crippen molar-refractivity contribution in [2.75, 3.05) is 32.9 Å². The molecule has 2 unspecified atom stereocenters. The van der Waals surface area contributed by atoms with Crippen molar-refractivity contribution in [3.05, 3.63) is 0 Å². The number of carbonyl (C=O) groups excluding carboxylic acids is 1. The fourth-order valence-corrected chi connectivity index (χ4v) is 2.40. The van der Waals surface area contributed by atoms with Crippen LogP contribution in [0.5, 0.6) is 0 Å². The van der Waals surface area contributed by atoms with Crippen molar-refractivity contribution >= 4 is 5.91 Å². The van der Waals surface area contributed by atoms with Crippen LogP contribution in [0.1, 0.15) is 33.6 Å². The highest BCUT2D eigenvalue weighted by atomic mass is 16.5. The van der Waals surface area contributed by atoms with Gasteiger partial charge in [-0.1, -0.05) is 0 Å². The first-order valence-corrected chi connectivity index (χ1v) is 7.30. The summed E-state index contributed by atoms with van der Waals surface area (Å²) in [5, 5.41) is 0. The molecule has 5 heteroatoms. The molecule has 0 aliphatic carbocycles. The summed E-state index contributed by atoms with van der Waals surface area (Å²) in [4.78, 5) is 14.1. The van der Waals surface area contributed by atoms with Crippen molar-refractivity contribution < 1.29 is 14.3 Å². The van der Waals surface area contributed by atoms with Crippen LogP contribution >= 0.6 is 0 Å². The van der Waals surface area contributed by atoms with E-state index in [1.54, 1.807) is 0 Å². The molecule has 1 rings (SSSR count). The lowest BCUT2D eigenvalue weighted by Gasteiger charge is -2.35. The van der Waals surface area contributed by atoms with Gasteiger partial charge in [0.15, 0.2) is 0 Å². The van der Waals surface area contributed by atoms with Gasteiger partial charge in [-0.3, -0.25) is 4.79 Å². The number of hydrogen-bond acceptors (Lipinski definition) is 4. The van der Waals surface area contributed by atoms with Gasteiger partial charge in [0.25, 0.3) is 5.91 Å². The maximum absolute atomic E-state index is 12.2. The second kappa shape index (κ2) is 8.51. The number of carbonyl (C=O) groups is 1. The summed E-state index contributed by atoms with van der Waals surface area (Å²) in [7, 11) is 0. The van der Waals surface area contributed by atoms with Crippen LogP contribution in [0.2, 0.25) is 0 Å². The molecular formula is C14H28N2O3. The van der Waals surface area contributed by atoms with Crippen LogP contribution in [-0.2, 0) is 14.3 Å². The Hall–Kier alpha value is -0.650. The Morgan fingerprint density at radius 1 is 1.32 bits per heavy atom. The highest BCUT2D eigenvalue weighted by Crippen LogP contribution is 2.20. The molecule has 0 bridgehead atoms. The Kier molecular flexibility index (Phi) is 7.34. The van der Waals surface area contributed by atoms with Crippen molar-refractivity contribution in [2.24, 2.45) is 11.7 Å². The van der Waals surface area contributed by atoms with Gasteiger partial charge in [-0.25, -0.2) is 0 Å². The zero-order chi connectivity index (χ0) is 14.3. The number of rotatable bonds is 7. The molecule has 1 saturated heterocycles. The van der Waals surface area contributed by atoms with Gasteiger partial charge in [0.05, 0.1) is 13.2 Å². The molecule has 1 amide bonds. The normalized spacial score (nSPS) is 20.3. The monoisotopic (exact) mass is 272 g/mol. The summed E-state index contributed by atoms with van der Waals surface area (Å²) < 4.78 is 10.7. The standard InChI is InChI=1S/C14H28N2O3/c1-4-18-9-10-19-12(3)14(17)16-7-5-13(6-8-16)11(2)15/h11-13H,4-10,15H2,1-3H3. The third-order valence-corrected chi connectivity index (χ3v) is 3.74. The number of ether oxygens (including phenoxy) is 2. The Balaban J connectivity index is 2.26. The number of hydrogen-bond donors (Lipinski definition) is 1. The molecule has 5 nitrogen and oxygen atoms in total. The van der Waals surface area contributed by atoms with Crippen LogP contribution in [0.4, 0.5) is 0 Å². The maximum atomic E-state index is 12.2. The minimum absolute atomic E-state index is 0.0830. The van der Waals surface area contributed by atoms with Gasteiger partial charge in [0.1, 0.15) is 6.10 Å². The van der Waals surface area contributed by atoms with E-state index in [1.807, 2.05) is 25.7 Å². The van der Waals surface area contributed by atoms with Gasteiger partial charge < -0.3 is 20.1 Å². The second-order valence-electron chi connectivity index (χ2n) is 5.23. The van der Waals surface area contributed by atoms with Crippen molar-refractivity contribution in [2.45, 2.75) is 45.8 Å². The van der Waals surface area contributed by atoms with Crippen LogP contribution in [-0.4, -0.2) is 55.9 Å². The zero-order valence-electron chi connectivity index (χ0n) is 12.4. The largest absolute Gasteiger partial charge is 0.379 e. The Labute approximate surface area is 116 Å². The van der Waals surface area contributed by atoms with Gasteiger partial charge in [-0.2, -0.15) is 0 Å². The number of nitrogens with zero attached hydrogens (tertiary/aromatic N) is 1.